The van der Waals surface area contributed by atoms with Crippen LogP contribution in [0.15, 0.2) is 12.1 Å². The molecule has 0 fully saturated rings. The van der Waals surface area contributed by atoms with Gasteiger partial charge in [0.25, 0.3) is 5.69 Å². The van der Waals surface area contributed by atoms with Crippen molar-refractivity contribution in [3.8, 4) is 11.8 Å². The van der Waals surface area contributed by atoms with Crippen molar-refractivity contribution in [3.05, 3.63) is 33.4 Å². The number of nitrogens with zero attached hydrogens (tertiary/aromatic N) is 2. The van der Waals surface area contributed by atoms with Gasteiger partial charge < -0.3 is 9.47 Å². The third-order valence-corrected chi connectivity index (χ3v) is 2.15. The van der Waals surface area contributed by atoms with Crippen molar-refractivity contribution in [1.82, 2.24) is 0 Å². The fraction of sp³-hybridized carbons (Fsp3) is 0.273. The van der Waals surface area contributed by atoms with Crippen LogP contribution in [0.1, 0.15) is 22.8 Å². The summed E-state index contributed by atoms with van der Waals surface area (Å²) >= 11 is 0. The van der Waals surface area contributed by atoms with Gasteiger partial charge in [0, 0.05) is 6.07 Å². The number of nitro groups is 1. The molecule has 0 aliphatic rings. The second-order valence-electron chi connectivity index (χ2n) is 3.13. The molecule has 0 unspecified atom stereocenters. The van der Waals surface area contributed by atoms with Gasteiger partial charge in [-0.3, -0.25) is 10.1 Å². The minimum atomic E-state index is -0.824. The van der Waals surface area contributed by atoms with E-state index in [0.717, 1.165) is 6.07 Å². The largest absolute Gasteiger partial charge is 0.496 e. The van der Waals surface area contributed by atoms with Crippen LogP contribution in [-0.4, -0.2) is 24.6 Å². The normalized spacial score (nSPS) is 9.39. The van der Waals surface area contributed by atoms with Crippen molar-refractivity contribution in [2.24, 2.45) is 0 Å². The van der Waals surface area contributed by atoms with Crippen LogP contribution in [0.2, 0.25) is 0 Å². The first-order valence-corrected chi connectivity index (χ1v) is 4.99. The molecule has 0 saturated heterocycles. The van der Waals surface area contributed by atoms with Crippen LogP contribution in [-0.2, 0) is 4.74 Å². The monoisotopic (exact) mass is 250 g/mol. The van der Waals surface area contributed by atoms with E-state index in [0.29, 0.717) is 0 Å². The van der Waals surface area contributed by atoms with Gasteiger partial charge in [0.1, 0.15) is 22.9 Å². The Bertz CT molecular complexity index is 533. The second kappa shape index (κ2) is 5.63. The van der Waals surface area contributed by atoms with Gasteiger partial charge in [0.2, 0.25) is 0 Å². The molecule has 0 saturated carbocycles. The fourth-order valence-corrected chi connectivity index (χ4v) is 1.41. The Morgan fingerprint density at radius 1 is 1.56 bits per heavy atom. The number of carbonyl (C=O) groups excluding carboxylic acids is 1. The SMILES string of the molecule is CCOC(=O)c1c(OC)ccc([N+](=O)[O-])c1C#N. The van der Waals surface area contributed by atoms with Gasteiger partial charge in [-0.05, 0) is 13.0 Å². The summed E-state index contributed by atoms with van der Waals surface area (Å²) in [5, 5.41) is 19.7. The number of hydrogen-bond donors (Lipinski definition) is 0. The summed E-state index contributed by atoms with van der Waals surface area (Å²) < 4.78 is 9.67. The molecule has 0 N–H and O–H groups in total. The molecule has 0 heterocycles. The highest BCUT2D eigenvalue weighted by molar-refractivity contribution is 5.96. The van der Waals surface area contributed by atoms with Crippen molar-refractivity contribution >= 4 is 11.7 Å². The Hall–Kier alpha value is -2.62. The predicted molar refractivity (Wildman–Crippen MR) is 60.3 cm³/mol. The average molecular weight is 250 g/mol. The molecule has 1 aromatic carbocycles. The average Bonchev–Trinajstić information content (AvgIpc) is 2.36. The molecule has 0 bridgehead atoms. The highest BCUT2D eigenvalue weighted by Gasteiger charge is 2.26. The van der Waals surface area contributed by atoms with E-state index in [1.54, 1.807) is 13.0 Å². The maximum atomic E-state index is 11.7. The maximum absolute atomic E-state index is 11.7. The molecule has 7 nitrogen and oxygen atoms in total. The number of rotatable bonds is 4. The van der Waals surface area contributed by atoms with E-state index in [4.69, 9.17) is 14.7 Å². The van der Waals surface area contributed by atoms with Crippen molar-refractivity contribution in [2.75, 3.05) is 13.7 Å². The topological polar surface area (TPSA) is 102 Å². The Morgan fingerprint density at radius 3 is 2.67 bits per heavy atom. The lowest BCUT2D eigenvalue weighted by atomic mass is 10.1. The van der Waals surface area contributed by atoms with Gasteiger partial charge in [0.05, 0.1) is 18.6 Å². The predicted octanol–water partition coefficient (Wildman–Crippen LogP) is 1.65. The Balaban J connectivity index is 3.53. The molecule has 94 valence electrons. The van der Waals surface area contributed by atoms with Crippen LogP contribution in [0, 0.1) is 21.4 Å². The van der Waals surface area contributed by atoms with E-state index in [1.807, 2.05) is 0 Å². The quantitative estimate of drug-likeness (QED) is 0.457. The lowest BCUT2D eigenvalue weighted by molar-refractivity contribution is -0.385. The number of methoxy groups -OCH3 is 1. The van der Waals surface area contributed by atoms with Crippen LogP contribution < -0.4 is 4.74 Å². The standard InChI is InChI=1S/C11H10N2O5/c1-3-18-11(14)10-7(6-12)8(13(15)16)4-5-9(10)17-2/h4-5H,3H2,1-2H3. The summed E-state index contributed by atoms with van der Waals surface area (Å²) in [5.41, 5.74) is -1.05. The van der Waals surface area contributed by atoms with Gasteiger partial charge in [-0.25, -0.2) is 4.79 Å². The number of nitriles is 1. The molecule has 0 aromatic heterocycles. The van der Waals surface area contributed by atoms with Gasteiger partial charge >= 0.3 is 5.97 Å². The number of esters is 1. The number of carbonyl (C=O) groups is 1. The van der Waals surface area contributed by atoms with Crippen LogP contribution >= 0.6 is 0 Å². The maximum Gasteiger partial charge on any atom is 0.343 e. The molecule has 0 radical (unpaired) electrons. The summed E-state index contributed by atoms with van der Waals surface area (Å²) in [6.07, 6.45) is 0. The molecule has 0 aliphatic carbocycles. The number of hydrogen-bond acceptors (Lipinski definition) is 6. The van der Waals surface area contributed by atoms with Crippen LogP contribution in [0.5, 0.6) is 5.75 Å². The van der Waals surface area contributed by atoms with Gasteiger partial charge in [0.15, 0.2) is 0 Å². The molecular formula is C11H10N2O5. The molecule has 7 heteroatoms. The first-order valence-electron chi connectivity index (χ1n) is 4.99. The first kappa shape index (κ1) is 13.4. The molecule has 0 amide bonds. The number of nitro benzene ring substituents is 1. The lowest BCUT2D eigenvalue weighted by Crippen LogP contribution is -2.10. The second-order valence-corrected chi connectivity index (χ2v) is 3.13. The zero-order valence-electron chi connectivity index (χ0n) is 9.80. The summed E-state index contributed by atoms with van der Waals surface area (Å²) in [7, 11) is 1.30. The molecule has 0 aliphatic heterocycles. The zero-order valence-corrected chi connectivity index (χ0v) is 9.80. The highest BCUT2D eigenvalue weighted by Crippen LogP contribution is 2.30. The third kappa shape index (κ3) is 2.38. The van der Waals surface area contributed by atoms with Crippen molar-refractivity contribution in [2.45, 2.75) is 6.92 Å². The summed E-state index contributed by atoms with van der Waals surface area (Å²) in [5.74, 6) is -0.759. The summed E-state index contributed by atoms with van der Waals surface area (Å²) in [6.45, 7) is 1.68. The van der Waals surface area contributed by atoms with Gasteiger partial charge in [-0.2, -0.15) is 5.26 Å². The Kier molecular flexibility index (Phi) is 4.21. The zero-order chi connectivity index (χ0) is 13.7. The lowest BCUT2D eigenvalue weighted by Gasteiger charge is -2.09. The van der Waals surface area contributed by atoms with E-state index in [-0.39, 0.29) is 23.5 Å². The van der Waals surface area contributed by atoms with Crippen molar-refractivity contribution in [3.63, 3.8) is 0 Å². The number of benzene rings is 1. The molecule has 18 heavy (non-hydrogen) atoms. The van der Waals surface area contributed by atoms with Gasteiger partial charge in [-0.1, -0.05) is 0 Å². The minimum Gasteiger partial charge on any atom is -0.496 e. The summed E-state index contributed by atoms with van der Waals surface area (Å²) in [4.78, 5) is 21.7. The molecule has 1 rings (SSSR count). The first-order chi connectivity index (χ1) is 8.56. The highest BCUT2D eigenvalue weighted by atomic mass is 16.6. The van der Waals surface area contributed by atoms with Crippen LogP contribution in [0.3, 0.4) is 0 Å². The van der Waals surface area contributed by atoms with Gasteiger partial charge in [-0.15, -0.1) is 0 Å². The number of ether oxygens (including phenoxy) is 2. The molecule has 0 atom stereocenters. The Morgan fingerprint density at radius 2 is 2.22 bits per heavy atom. The Labute approximate surface area is 103 Å². The van der Waals surface area contributed by atoms with Crippen LogP contribution in [0.4, 0.5) is 5.69 Å². The van der Waals surface area contributed by atoms with E-state index in [1.165, 1.54) is 13.2 Å². The van der Waals surface area contributed by atoms with E-state index < -0.39 is 16.6 Å². The fourth-order valence-electron chi connectivity index (χ4n) is 1.41. The van der Waals surface area contributed by atoms with Crippen molar-refractivity contribution in [1.29, 1.82) is 5.26 Å². The third-order valence-electron chi connectivity index (χ3n) is 2.15. The molecule has 0 spiro atoms. The van der Waals surface area contributed by atoms with E-state index >= 15 is 0 Å². The van der Waals surface area contributed by atoms with E-state index in [2.05, 4.69) is 0 Å². The molecule has 1 aromatic rings. The van der Waals surface area contributed by atoms with Crippen molar-refractivity contribution < 1.29 is 19.2 Å². The van der Waals surface area contributed by atoms with E-state index in [9.17, 15) is 14.9 Å². The minimum absolute atomic E-state index is 0.0654. The smallest absolute Gasteiger partial charge is 0.343 e. The van der Waals surface area contributed by atoms with Crippen LogP contribution in [0.25, 0.3) is 0 Å². The summed E-state index contributed by atoms with van der Waals surface area (Å²) in [6, 6.07) is 4.00. The molecular weight excluding hydrogens is 240 g/mol.